The zero-order valence-electron chi connectivity index (χ0n) is 6.00. The molecule has 0 spiro atoms. The maximum atomic E-state index is 11.6. The van der Waals surface area contributed by atoms with Gasteiger partial charge < -0.3 is 0 Å². The molecule has 0 atom stereocenters. The molecule has 2 N–H and O–H groups in total. The van der Waals surface area contributed by atoms with Gasteiger partial charge in [-0.3, -0.25) is 0 Å². The molecule has 0 saturated carbocycles. The quantitative estimate of drug-likeness (QED) is 0.569. The van der Waals surface area contributed by atoms with Crippen molar-refractivity contribution in [3.05, 3.63) is 0 Å². The van der Waals surface area contributed by atoms with Crippen molar-refractivity contribution in [3.8, 4) is 0 Å². The van der Waals surface area contributed by atoms with Gasteiger partial charge in [-0.2, -0.15) is 0 Å². The van der Waals surface area contributed by atoms with Crippen molar-refractivity contribution in [1.29, 1.82) is 0 Å². The van der Waals surface area contributed by atoms with Gasteiger partial charge >= 0.3 is 75.0 Å². The van der Waals surface area contributed by atoms with Crippen LogP contribution in [0.5, 0.6) is 0 Å². The molecular formula is C3H3AsF6O4. The Morgan fingerprint density at radius 1 is 1.00 bits per heavy atom. The van der Waals surface area contributed by atoms with Crippen molar-refractivity contribution in [1.82, 2.24) is 0 Å². The Morgan fingerprint density at radius 2 is 1.29 bits per heavy atom. The van der Waals surface area contributed by atoms with E-state index in [9.17, 15) is 30.1 Å². The molecule has 0 fully saturated rings. The fraction of sp³-hybridized carbons (Fsp3) is 1.00. The zero-order valence-corrected chi connectivity index (χ0v) is 7.88. The number of halogens is 6. The molecule has 0 saturated heterocycles. The van der Waals surface area contributed by atoms with Crippen molar-refractivity contribution in [2.24, 2.45) is 0 Å². The van der Waals surface area contributed by atoms with Gasteiger partial charge in [-0.15, -0.1) is 0 Å². The summed E-state index contributed by atoms with van der Waals surface area (Å²) in [5.74, 6) is 0. The van der Waals surface area contributed by atoms with Gasteiger partial charge in [-0.1, -0.05) is 0 Å². The van der Waals surface area contributed by atoms with Crippen LogP contribution in [-0.4, -0.2) is 41.2 Å². The summed E-state index contributed by atoms with van der Waals surface area (Å²) in [6, 6.07) is 0. The SMILES string of the molecule is O=[As](O)(O)OC(C(F)(F)F)C(F)(F)F. The average Bonchev–Trinajstić information content (AvgIpc) is 1.75. The van der Waals surface area contributed by atoms with Gasteiger partial charge in [0.05, 0.1) is 0 Å². The monoisotopic (exact) mass is 292 g/mol. The second-order valence-corrected chi connectivity index (χ2v) is 4.56. The molecule has 0 aliphatic carbocycles. The summed E-state index contributed by atoms with van der Waals surface area (Å²) in [4.78, 5) is 0. The molecule has 0 aromatic rings. The molecule has 0 bridgehead atoms. The second-order valence-electron chi connectivity index (χ2n) is 2.06. The van der Waals surface area contributed by atoms with E-state index in [4.69, 9.17) is 8.19 Å². The molecule has 86 valence electrons. The van der Waals surface area contributed by atoms with Crippen molar-refractivity contribution in [2.75, 3.05) is 0 Å². The first-order valence-electron chi connectivity index (χ1n) is 2.71. The fourth-order valence-electron chi connectivity index (χ4n) is 0.442. The molecule has 0 radical (unpaired) electrons. The van der Waals surface area contributed by atoms with Gasteiger partial charge in [0, 0.05) is 0 Å². The third kappa shape index (κ3) is 4.89. The van der Waals surface area contributed by atoms with Crippen molar-refractivity contribution >= 4 is 14.5 Å². The van der Waals surface area contributed by atoms with Crippen molar-refractivity contribution in [3.63, 3.8) is 0 Å². The molecular weight excluding hydrogens is 289 g/mol. The van der Waals surface area contributed by atoms with Crippen LogP contribution < -0.4 is 0 Å². The van der Waals surface area contributed by atoms with E-state index in [1.807, 2.05) is 0 Å². The van der Waals surface area contributed by atoms with Gasteiger partial charge in [-0.25, -0.2) is 0 Å². The van der Waals surface area contributed by atoms with E-state index >= 15 is 0 Å². The summed E-state index contributed by atoms with van der Waals surface area (Å²) in [6.07, 6.45) is -16.3. The predicted octanol–water partition coefficient (Wildman–Crippen LogP) is 0.347. The molecule has 0 heterocycles. The van der Waals surface area contributed by atoms with Gasteiger partial charge in [0.1, 0.15) is 0 Å². The van der Waals surface area contributed by atoms with E-state index in [1.54, 1.807) is 0 Å². The second kappa shape index (κ2) is 3.76. The third-order valence-electron chi connectivity index (χ3n) is 0.837. The Bertz CT molecular complexity index is 224. The van der Waals surface area contributed by atoms with Crippen LogP contribution in [0.4, 0.5) is 26.3 Å². The normalized spacial score (nSPS) is 14.9. The van der Waals surface area contributed by atoms with E-state index in [0.717, 1.165) is 0 Å². The van der Waals surface area contributed by atoms with Gasteiger partial charge in [-0.05, 0) is 0 Å². The first-order valence-corrected chi connectivity index (χ1v) is 5.92. The summed E-state index contributed by atoms with van der Waals surface area (Å²) in [5.41, 5.74) is 0. The first-order chi connectivity index (χ1) is 5.84. The molecule has 0 aromatic heterocycles. The van der Waals surface area contributed by atoms with E-state index in [1.165, 1.54) is 0 Å². The molecule has 0 aromatic carbocycles. The van der Waals surface area contributed by atoms with E-state index in [2.05, 4.69) is 3.73 Å². The molecule has 14 heavy (non-hydrogen) atoms. The number of alkyl halides is 6. The van der Waals surface area contributed by atoms with Crippen LogP contribution in [-0.2, 0) is 7.47 Å². The topological polar surface area (TPSA) is 66.8 Å². The standard InChI is InChI=1S/C3H3AsF6O4/c5-2(6,7)1(3(8,9)10)14-4(11,12)13/h1H,(H2,11,12,13). The zero-order chi connectivity index (χ0) is 11.8. The number of rotatable bonds is 2. The van der Waals surface area contributed by atoms with Crippen molar-refractivity contribution < 1.29 is 42.0 Å². The van der Waals surface area contributed by atoms with E-state index < -0.39 is 33.0 Å². The maximum absolute atomic E-state index is 11.6. The Labute approximate surface area is 75.8 Å². The summed E-state index contributed by atoms with van der Waals surface area (Å²) >= 11 is -6.46. The van der Waals surface area contributed by atoms with Gasteiger partial charge in [0.25, 0.3) is 0 Å². The fourth-order valence-corrected chi connectivity index (χ4v) is 1.52. The Kier molecular flexibility index (Phi) is 3.71. The summed E-state index contributed by atoms with van der Waals surface area (Å²) in [7, 11) is 0. The van der Waals surface area contributed by atoms with Crippen LogP contribution in [0.2, 0.25) is 0 Å². The number of hydrogen-bond donors (Lipinski definition) is 2. The van der Waals surface area contributed by atoms with E-state index in [0.29, 0.717) is 0 Å². The third-order valence-corrected chi connectivity index (χ3v) is 1.86. The molecule has 11 heteroatoms. The van der Waals surface area contributed by atoms with Crippen molar-refractivity contribution in [2.45, 2.75) is 18.5 Å². The molecule has 0 aliphatic rings. The summed E-state index contributed by atoms with van der Waals surface area (Å²) < 4.78 is 97.6. The van der Waals surface area contributed by atoms with Gasteiger partial charge in [0.2, 0.25) is 0 Å². The Hall–Kier alpha value is -0.182. The van der Waals surface area contributed by atoms with Crippen LogP contribution >= 0.6 is 0 Å². The predicted molar refractivity (Wildman–Crippen MR) is 27.9 cm³/mol. The van der Waals surface area contributed by atoms with Crippen LogP contribution in [0.15, 0.2) is 0 Å². The van der Waals surface area contributed by atoms with Crippen LogP contribution in [0.1, 0.15) is 0 Å². The molecule has 0 amide bonds. The Morgan fingerprint density at radius 3 is 1.36 bits per heavy atom. The minimum absolute atomic E-state index is 2.64. The molecule has 4 nitrogen and oxygen atoms in total. The first kappa shape index (κ1) is 13.8. The van der Waals surface area contributed by atoms with Crippen LogP contribution in [0.25, 0.3) is 0 Å². The number of hydrogen-bond acceptors (Lipinski definition) is 2. The Balaban J connectivity index is 4.87. The minimum atomic E-state index is -6.46. The summed E-state index contributed by atoms with van der Waals surface area (Å²) in [6.45, 7) is 0. The van der Waals surface area contributed by atoms with Crippen LogP contribution in [0.3, 0.4) is 0 Å². The van der Waals surface area contributed by atoms with E-state index in [-0.39, 0.29) is 0 Å². The molecule has 0 unspecified atom stereocenters. The average molecular weight is 292 g/mol. The van der Waals surface area contributed by atoms with Crippen LogP contribution in [0, 0.1) is 0 Å². The molecule has 0 aliphatic heterocycles. The van der Waals surface area contributed by atoms with Gasteiger partial charge in [0.15, 0.2) is 0 Å². The summed E-state index contributed by atoms with van der Waals surface area (Å²) in [5, 5.41) is 0. The molecule has 0 rings (SSSR count).